The van der Waals surface area contributed by atoms with Gasteiger partial charge in [-0.15, -0.1) is 5.10 Å². The van der Waals surface area contributed by atoms with Crippen LogP contribution in [0.5, 0.6) is 0 Å². The molecule has 0 radical (unpaired) electrons. The molecule has 4 heteroatoms. The van der Waals surface area contributed by atoms with Crippen LogP contribution in [0.2, 0.25) is 5.15 Å². The van der Waals surface area contributed by atoms with Gasteiger partial charge in [-0.25, -0.2) is 0 Å². The highest BCUT2D eigenvalue weighted by atomic mass is 35.5. The van der Waals surface area contributed by atoms with E-state index in [2.05, 4.69) is 45.8 Å². The fourth-order valence-electron chi connectivity index (χ4n) is 3.36. The van der Waals surface area contributed by atoms with Crippen molar-refractivity contribution in [3.8, 4) is 0 Å². The van der Waals surface area contributed by atoms with Crippen LogP contribution < -0.4 is 5.32 Å². The molecule has 2 atom stereocenters. The molecule has 1 saturated carbocycles. The second kappa shape index (κ2) is 7.10. The average molecular weight is 316 g/mol. The van der Waals surface area contributed by atoms with Crippen molar-refractivity contribution in [3.05, 3.63) is 52.8 Å². The van der Waals surface area contributed by atoms with Crippen molar-refractivity contribution in [2.45, 2.75) is 38.5 Å². The Morgan fingerprint density at radius 1 is 1.23 bits per heavy atom. The van der Waals surface area contributed by atoms with E-state index < -0.39 is 0 Å². The highest BCUT2D eigenvalue weighted by molar-refractivity contribution is 6.30. The van der Waals surface area contributed by atoms with E-state index in [1.165, 1.54) is 31.2 Å². The fraction of sp³-hybridized carbons (Fsp3) is 0.444. The third-order valence-corrected chi connectivity index (χ3v) is 5.04. The van der Waals surface area contributed by atoms with Gasteiger partial charge in [0.15, 0.2) is 5.15 Å². The third kappa shape index (κ3) is 3.58. The lowest BCUT2D eigenvalue weighted by molar-refractivity contribution is 0.334. The van der Waals surface area contributed by atoms with Gasteiger partial charge in [0.2, 0.25) is 0 Å². The van der Waals surface area contributed by atoms with Crippen molar-refractivity contribution in [1.82, 2.24) is 10.2 Å². The monoisotopic (exact) mass is 315 g/mol. The number of halogens is 1. The van der Waals surface area contributed by atoms with Crippen LogP contribution in [0.4, 0.5) is 5.69 Å². The van der Waals surface area contributed by atoms with Crippen molar-refractivity contribution in [1.29, 1.82) is 0 Å². The minimum absolute atomic E-state index is 0.482. The first-order valence-corrected chi connectivity index (χ1v) is 8.38. The van der Waals surface area contributed by atoms with Gasteiger partial charge in [-0.3, -0.25) is 0 Å². The average Bonchev–Trinajstić information content (AvgIpc) is 2.57. The van der Waals surface area contributed by atoms with Crippen molar-refractivity contribution < 1.29 is 0 Å². The molecule has 1 fully saturated rings. The fourth-order valence-corrected chi connectivity index (χ4v) is 3.50. The number of rotatable bonds is 4. The van der Waals surface area contributed by atoms with E-state index in [0.29, 0.717) is 17.0 Å². The Morgan fingerprint density at radius 3 is 2.86 bits per heavy atom. The Kier molecular flexibility index (Phi) is 4.94. The van der Waals surface area contributed by atoms with Gasteiger partial charge in [-0.2, -0.15) is 5.10 Å². The standard InChI is InChI=1S/C18H22ClN3/c1-13-17(12-21-22-18(13)19)20-11-14-6-5-9-16(10-14)15-7-3-2-4-8-15/h2-4,7-8,12,14,16H,5-6,9-11H2,1H3,(H,20,22). The van der Waals surface area contributed by atoms with E-state index >= 15 is 0 Å². The minimum atomic E-state index is 0.482. The van der Waals surface area contributed by atoms with Gasteiger partial charge in [-0.05, 0) is 43.6 Å². The molecule has 2 unspecified atom stereocenters. The molecule has 0 amide bonds. The maximum atomic E-state index is 6.02. The molecular formula is C18H22ClN3. The molecule has 1 N–H and O–H groups in total. The molecule has 2 aromatic rings. The van der Waals surface area contributed by atoms with Crippen LogP contribution in [0, 0.1) is 12.8 Å². The second-order valence-electron chi connectivity index (χ2n) is 6.20. The smallest absolute Gasteiger partial charge is 0.156 e. The lowest BCUT2D eigenvalue weighted by Gasteiger charge is -2.30. The summed E-state index contributed by atoms with van der Waals surface area (Å²) in [6, 6.07) is 10.9. The predicted octanol–water partition coefficient (Wildman–Crippen LogP) is 4.82. The summed E-state index contributed by atoms with van der Waals surface area (Å²) in [7, 11) is 0. The van der Waals surface area contributed by atoms with Crippen LogP contribution in [-0.2, 0) is 0 Å². The lowest BCUT2D eigenvalue weighted by Crippen LogP contribution is -2.21. The van der Waals surface area contributed by atoms with Gasteiger partial charge in [0.05, 0.1) is 11.9 Å². The van der Waals surface area contributed by atoms with E-state index in [1.807, 2.05) is 6.92 Å². The predicted molar refractivity (Wildman–Crippen MR) is 91.4 cm³/mol. The first-order valence-electron chi connectivity index (χ1n) is 8.00. The molecule has 0 aliphatic heterocycles. The van der Waals surface area contributed by atoms with Crippen LogP contribution in [0.3, 0.4) is 0 Å². The molecular weight excluding hydrogens is 294 g/mol. The molecule has 1 aliphatic rings. The molecule has 22 heavy (non-hydrogen) atoms. The molecule has 0 bridgehead atoms. The Labute approximate surface area is 137 Å². The SMILES string of the molecule is Cc1c(NCC2CCCC(c3ccccc3)C2)cnnc1Cl. The molecule has 1 aromatic heterocycles. The number of hydrogen-bond acceptors (Lipinski definition) is 3. The van der Waals surface area contributed by atoms with Gasteiger partial charge in [0.1, 0.15) is 0 Å². The normalized spacial score (nSPS) is 21.5. The highest BCUT2D eigenvalue weighted by Crippen LogP contribution is 2.36. The number of benzene rings is 1. The van der Waals surface area contributed by atoms with E-state index in [1.54, 1.807) is 6.20 Å². The Hall–Kier alpha value is -1.61. The maximum absolute atomic E-state index is 6.02. The zero-order chi connectivity index (χ0) is 15.4. The first-order chi connectivity index (χ1) is 10.7. The number of hydrogen-bond donors (Lipinski definition) is 1. The number of nitrogens with one attached hydrogen (secondary N) is 1. The summed E-state index contributed by atoms with van der Waals surface area (Å²) in [6.45, 7) is 2.96. The lowest BCUT2D eigenvalue weighted by atomic mass is 9.78. The highest BCUT2D eigenvalue weighted by Gasteiger charge is 2.23. The van der Waals surface area contributed by atoms with E-state index in [4.69, 9.17) is 11.6 Å². The summed E-state index contributed by atoms with van der Waals surface area (Å²) in [5, 5.41) is 11.8. The first kappa shape index (κ1) is 15.3. The Morgan fingerprint density at radius 2 is 2.05 bits per heavy atom. The zero-order valence-corrected chi connectivity index (χ0v) is 13.7. The largest absolute Gasteiger partial charge is 0.383 e. The summed E-state index contributed by atoms with van der Waals surface area (Å²) in [4.78, 5) is 0. The van der Waals surface area contributed by atoms with Gasteiger partial charge < -0.3 is 5.32 Å². The van der Waals surface area contributed by atoms with Crippen LogP contribution in [0.15, 0.2) is 36.5 Å². The third-order valence-electron chi connectivity index (χ3n) is 4.68. The number of aromatic nitrogens is 2. The van der Waals surface area contributed by atoms with Gasteiger partial charge in [-0.1, -0.05) is 48.4 Å². The van der Waals surface area contributed by atoms with Gasteiger partial charge in [0.25, 0.3) is 0 Å². The topological polar surface area (TPSA) is 37.8 Å². The van der Waals surface area contributed by atoms with Crippen molar-refractivity contribution in [2.75, 3.05) is 11.9 Å². The Balaban J connectivity index is 1.60. The molecule has 1 heterocycles. The van der Waals surface area contributed by atoms with Crippen LogP contribution in [-0.4, -0.2) is 16.7 Å². The van der Waals surface area contributed by atoms with Gasteiger partial charge >= 0.3 is 0 Å². The number of nitrogens with zero attached hydrogens (tertiary/aromatic N) is 2. The molecule has 0 spiro atoms. The number of anilines is 1. The van der Waals surface area contributed by atoms with E-state index in [-0.39, 0.29) is 0 Å². The van der Waals surface area contributed by atoms with Crippen molar-refractivity contribution in [3.63, 3.8) is 0 Å². The summed E-state index contributed by atoms with van der Waals surface area (Å²) < 4.78 is 0. The molecule has 3 nitrogen and oxygen atoms in total. The molecule has 116 valence electrons. The van der Waals surface area contributed by atoms with Crippen molar-refractivity contribution >= 4 is 17.3 Å². The molecule has 1 aliphatic carbocycles. The molecule has 3 rings (SSSR count). The van der Waals surface area contributed by atoms with E-state index in [9.17, 15) is 0 Å². The summed E-state index contributed by atoms with van der Waals surface area (Å²) in [5.74, 6) is 1.40. The summed E-state index contributed by atoms with van der Waals surface area (Å²) in [5.41, 5.74) is 3.46. The quantitative estimate of drug-likeness (QED) is 0.878. The minimum Gasteiger partial charge on any atom is -0.383 e. The van der Waals surface area contributed by atoms with Crippen molar-refractivity contribution in [2.24, 2.45) is 5.92 Å². The summed E-state index contributed by atoms with van der Waals surface area (Å²) in [6.07, 6.45) is 6.92. The van der Waals surface area contributed by atoms with Crippen LogP contribution in [0.25, 0.3) is 0 Å². The maximum Gasteiger partial charge on any atom is 0.156 e. The van der Waals surface area contributed by atoms with Crippen LogP contribution in [0.1, 0.15) is 42.7 Å². The van der Waals surface area contributed by atoms with Gasteiger partial charge in [0, 0.05) is 12.1 Å². The summed E-state index contributed by atoms with van der Waals surface area (Å²) >= 11 is 6.02. The second-order valence-corrected chi connectivity index (χ2v) is 6.55. The molecule has 0 saturated heterocycles. The molecule has 1 aromatic carbocycles. The Bertz CT molecular complexity index is 615. The zero-order valence-electron chi connectivity index (χ0n) is 12.9. The van der Waals surface area contributed by atoms with E-state index in [0.717, 1.165) is 17.8 Å². The van der Waals surface area contributed by atoms with Crippen LogP contribution >= 0.6 is 11.6 Å².